The van der Waals surface area contributed by atoms with Gasteiger partial charge < -0.3 is 10.1 Å². The van der Waals surface area contributed by atoms with Crippen LogP contribution in [0.25, 0.3) is 0 Å². The number of nitrogens with one attached hydrogen (secondary N) is 1. The van der Waals surface area contributed by atoms with E-state index in [2.05, 4.69) is 5.32 Å². The number of rotatable bonds is 6. The van der Waals surface area contributed by atoms with Crippen molar-refractivity contribution in [1.82, 2.24) is 5.32 Å². The minimum Gasteiger partial charge on any atom is -0.492 e. The largest absolute Gasteiger partial charge is 0.492 e. The third kappa shape index (κ3) is 4.04. The summed E-state index contributed by atoms with van der Waals surface area (Å²) >= 11 is 0. The Hall–Kier alpha value is -1.02. The summed E-state index contributed by atoms with van der Waals surface area (Å²) in [7, 11) is 2.04. The number of para-hydroxylation sites is 1. The van der Waals surface area contributed by atoms with Crippen molar-refractivity contribution in [3.8, 4) is 5.75 Å². The predicted molar refractivity (Wildman–Crippen MR) is 71.4 cm³/mol. The highest BCUT2D eigenvalue weighted by Gasteiger charge is 2.19. The van der Waals surface area contributed by atoms with E-state index < -0.39 is 0 Å². The van der Waals surface area contributed by atoms with Crippen LogP contribution in [0.1, 0.15) is 32.1 Å². The Labute approximate surface area is 104 Å². The molecule has 0 amide bonds. The summed E-state index contributed by atoms with van der Waals surface area (Å²) in [6.45, 7) is 0.775. The smallest absolute Gasteiger partial charge is 0.119 e. The van der Waals surface area contributed by atoms with Gasteiger partial charge in [-0.1, -0.05) is 43.9 Å². The van der Waals surface area contributed by atoms with Gasteiger partial charge in [-0.05, 0) is 31.5 Å². The van der Waals surface area contributed by atoms with E-state index in [-0.39, 0.29) is 0 Å². The average molecular weight is 233 g/mol. The highest BCUT2D eigenvalue weighted by Crippen LogP contribution is 2.28. The molecular formula is C15H23NO. The molecule has 0 aromatic heterocycles. The lowest BCUT2D eigenvalue weighted by Crippen LogP contribution is -2.33. The van der Waals surface area contributed by atoms with Crippen molar-refractivity contribution in [1.29, 1.82) is 0 Å². The third-order valence-electron chi connectivity index (χ3n) is 3.70. The molecule has 0 radical (unpaired) electrons. The number of likely N-dealkylation sites (N-methyl/N-ethyl adjacent to an activating group) is 1. The van der Waals surface area contributed by atoms with Crippen molar-refractivity contribution in [2.75, 3.05) is 13.7 Å². The summed E-state index contributed by atoms with van der Waals surface area (Å²) in [4.78, 5) is 0. The van der Waals surface area contributed by atoms with Gasteiger partial charge in [-0.3, -0.25) is 0 Å². The topological polar surface area (TPSA) is 21.3 Å². The first-order valence-electron chi connectivity index (χ1n) is 6.73. The Bertz CT molecular complexity index is 306. The Morgan fingerprint density at radius 3 is 2.59 bits per heavy atom. The molecule has 0 spiro atoms. The molecule has 1 atom stereocenters. The van der Waals surface area contributed by atoms with Gasteiger partial charge in [0.15, 0.2) is 0 Å². The number of hydrogen-bond donors (Lipinski definition) is 1. The minimum atomic E-state index is 0.485. The van der Waals surface area contributed by atoms with Gasteiger partial charge in [-0.2, -0.15) is 0 Å². The molecule has 2 nitrogen and oxygen atoms in total. The summed E-state index contributed by atoms with van der Waals surface area (Å²) < 4.78 is 5.81. The third-order valence-corrected chi connectivity index (χ3v) is 3.70. The molecule has 94 valence electrons. The maximum atomic E-state index is 5.81. The van der Waals surface area contributed by atoms with E-state index in [1.807, 2.05) is 37.4 Å². The summed E-state index contributed by atoms with van der Waals surface area (Å²) in [6.07, 6.45) is 6.90. The molecule has 17 heavy (non-hydrogen) atoms. The molecule has 0 aliphatic heterocycles. The Kier molecular flexibility index (Phi) is 4.87. The normalized spacial score (nSPS) is 18.2. The molecule has 1 unspecified atom stereocenters. The molecule has 1 aromatic rings. The summed E-state index contributed by atoms with van der Waals surface area (Å²) in [6, 6.07) is 10.6. The summed E-state index contributed by atoms with van der Waals surface area (Å²) in [5.41, 5.74) is 0. The van der Waals surface area contributed by atoms with Gasteiger partial charge in [-0.15, -0.1) is 0 Å². The lowest BCUT2D eigenvalue weighted by Gasteiger charge is -2.20. The van der Waals surface area contributed by atoms with Crippen molar-refractivity contribution in [2.45, 2.75) is 38.1 Å². The molecule has 0 heterocycles. The molecule has 1 aliphatic carbocycles. The van der Waals surface area contributed by atoms with Crippen molar-refractivity contribution in [3.05, 3.63) is 30.3 Å². The van der Waals surface area contributed by atoms with Crippen LogP contribution in [0, 0.1) is 5.92 Å². The molecule has 2 rings (SSSR count). The molecule has 1 saturated carbocycles. The second-order valence-corrected chi connectivity index (χ2v) is 5.00. The highest BCUT2D eigenvalue weighted by molar-refractivity contribution is 5.20. The van der Waals surface area contributed by atoms with Crippen LogP contribution >= 0.6 is 0 Å². The fourth-order valence-corrected chi connectivity index (χ4v) is 2.63. The lowest BCUT2D eigenvalue weighted by molar-refractivity contribution is 0.245. The molecule has 2 heteroatoms. The molecule has 0 bridgehead atoms. The zero-order valence-corrected chi connectivity index (χ0v) is 10.7. The van der Waals surface area contributed by atoms with E-state index >= 15 is 0 Å². The fourth-order valence-electron chi connectivity index (χ4n) is 2.63. The molecule has 1 fully saturated rings. The van der Waals surface area contributed by atoms with Gasteiger partial charge in [0.1, 0.15) is 12.4 Å². The number of benzene rings is 1. The van der Waals surface area contributed by atoms with E-state index in [4.69, 9.17) is 4.74 Å². The zero-order valence-electron chi connectivity index (χ0n) is 10.7. The fraction of sp³-hybridized carbons (Fsp3) is 0.600. The van der Waals surface area contributed by atoms with Crippen molar-refractivity contribution < 1.29 is 4.74 Å². The van der Waals surface area contributed by atoms with E-state index in [9.17, 15) is 0 Å². The first-order chi connectivity index (χ1) is 8.38. The predicted octanol–water partition coefficient (Wildman–Crippen LogP) is 3.23. The maximum Gasteiger partial charge on any atom is 0.119 e. The first-order valence-corrected chi connectivity index (χ1v) is 6.73. The minimum absolute atomic E-state index is 0.485. The monoisotopic (exact) mass is 233 g/mol. The van der Waals surface area contributed by atoms with Crippen LogP contribution in [0.2, 0.25) is 0 Å². The van der Waals surface area contributed by atoms with Gasteiger partial charge in [-0.25, -0.2) is 0 Å². The summed E-state index contributed by atoms with van der Waals surface area (Å²) in [5.74, 6) is 1.88. The van der Waals surface area contributed by atoms with Crippen LogP contribution in [0.3, 0.4) is 0 Å². The van der Waals surface area contributed by atoms with Crippen LogP contribution < -0.4 is 10.1 Å². The van der Waals surface area contributed by atoms with Gasteiger partial charge in [0.05, 0.1) is 0 Å². The Morgan fingerprint density at radius 1 is 1.24 bits per heavy atom. The molecule has 1 N–H and O–H groups in total. The van der Waals surface area contributed by atoms with E-state index in [0.29, 0.717) is 6.04 Å². The molecule has 0 saturated heterocycles. The van der Waals surface area contributed by atoms with Gasteiger partial charge >= 0.3 is 0 Å². The molecule has 1 aliphatic rings. The van der Waals surface area contributed by atoms with Crippen LogP contribution in [0.4, 0.5) is 0 Å². The molecular weight excluding hydrogens is 210 g/mol. The van der Waals surface area contributed by atoms with Gasteiger partial charge in [0.25, 0.3) is 0 Å². The second kappa shape index (κ2) is 6.65. The van der Waals surface area contributed by atoms with E-state index in [0.717, 1.165) is 18.3 Å². The standard InChI is InChI=1S/C15H23NO/c1-16-14(11-13-7-5-6-8-13)12-17-15-9-3-2-4-10-15/h2-4,9-10,13-14,16H,5-8,11-12H2,1H3. The van der Waals surface area contributed by atoms with Gasteiger partial charge in [0.2, 0.25) is 0 Å². The van der Waals surface area contributed by atoms with Crippen LogP contribution in [-0.2, 0) is 0 Å². The second-order valence-electron chi connectivity index (χ2n) is 5.00. The first kappa shape index (κ1) is 12.4. The van der Waals surface area contributed by atoms with Gasteiger partial charge in [0, 0.05) is 6.04 Å². The SMILES string of the molecule is CNC(COc1ccccc1)CC1CCCC1. The van der Waals surface area contributed by atoms with E-state index in [1.165, 1.54) is 32.1 Å². The van der Waals surface area contributed by atoms with Crippen LogP contribution in [-0.4, -0.2) is 19.7 Å². The Balaban J connectivity index is 1.75. The highest BCUT2D eigenvalue weighted by atomic mass is 16.5. The Morgan fingerprint density at radius 2 is 1.94 bits per heavy atom. The average Bonchev–Trinajstić information content (AvgIpc) is 2.88. The number of hydrogen-bond acceptors (Lipinski definition) is 2. The van der Waals surface area contributed by atoms with E-state index in [1.54, 1.807) is 0 Å². The van der Waals surface area contributed by atoms with Crippen molar-refractivity contribution >= 4 is 0 Å². The van der Waals surface area contributed by atoms with Crippen LogP contribution in [0.5, 0.6) is 5.75 Å². The van der Waals surface area contributed by atoms with Crippen LogP contribution in [0.15, 0.2) is 30.3 Å². The van der Waals surface area contributed by atoms with Crippen molar-refractivity contribution in [2.24, 2.45) is 5.92 Å². The van der Waals surface area contributed by atoms with Crippen molar-refractivity contribution in [3.63, 3.8) is 0 Å². The summed E-state index contributed by atoms with van der Waals surface area (Å²) in [5, 5.41) is 3.37. The lowest BCUT2D eigenvalue weighted by atomic mass is 9.99. The molecule has 1 aromatic carbocycles. The quantitative estimate of drug-likeness (QED) is 0.814. The zero-order chi connectivity index (χ0) is 11.9. The number of ether oxygens (including phenoxy) is 1. The maximum absolute atomic E-state index is 5.81.